The summed E-state index contributed by atoms with van der Waals surface area (Å²) >= 11 is 0. The molecule has 0 fully saturated rings. The van der Waals surface area contributed by atoms with Gasteiger partial charge in [0.25, 0.3) is 0 Å². The molecular formula is C12H12FN3O. The van der Waals surface area contributed by atoms with Crippen LogP contribution in [0.15, 0.2) is 36.8 Å². The summed E-state index contributed by atoms with van der Waals surface area (Å²) in [7, 11) is 3.63. The molecule has 2 aromatic heterocycles. The first-order valence-corrected chi connectivity index (χ1v) is 5.09. The lowest BCUT2D eigenvalue weighted by molar-refractivity contribution is 0.104. The van der Waals surface area contributed by atoms with Gasteiger partial charge in [-0.2, -0.15) is 0 Å². The number of hydrogen-bond donors (Lipinski definition) is 0. The fraction of sp³-hybridized carbons (Fsp3) is 0.167. The number of nitrogens with zero attached hydrogens (tertiary/aromatic N) is 3. The molecule has 0 saturated carbocycles. The van der Waals surface area contributed by atoms with Gasteiger partial charge in [-0.05, 0) is 12.1 Å². The second-order valence-electron chi connectivity index (χ2n) is 3.86. The van der Waals surface area contributed by atoms with Crippen molar-refractivity contribution in [3.8, 4) is 0 Å². The van der Waals surface area contributed by atoms with Crippen LogP contribution in [0.3, 0.4) is 0 Å². The molecule has 4 nitrogen and oxygen atoms in total. The smallest absolute Gasteiger partial charge is 0.205 e. The van der Waals surface area contributed by atoms with Crippen molar-refractivity contribution in [1.82, 2.24) is 14.3 Å². The van der Waals surface area contributed by atoms with Crippen LogP contribution in [0, 0.1) is 5.82 Å². The summed E-state index contributed by atoms with van der Waals surface area (Å²) in [6.07, 6.45) is 5.76. The Labute approximate surface area is 98.0 Å². The maximum atomic E-state index is 13.1. The molecule has 5 heteroatoms. The van der Waals surface area contributed by atoms with Gasteiger partial charge >= 0.3 is 0 Å². The van der Waals surface area contributed by atoms with Crippen molar-refractivity contribution in [3.63, 3.8) is 0 Å². The molecule has 0 atom stereocenters. The van der Waals surface area contributed by atoms with Gasteiger partial charge in [0.05, 0.1) is 6.20 Å². The van der Waals surface area contributed by atoms with E-state index in [1.807, 2.05) is 14.1 Å². The molecule has 2 heterocycles. The Balaban J connectivity index is 2.42. The first kappa shape index (κ1) is 11.3. The minimum Gasteiger partial charge on any atom is -0.383 e. The van der Waals surface area contributed by atoms with Crippen LogP contribution in [-0.4, -0.2) is 34.2 Å². The lowest BCUT2D eigenvalue weighted by atomic mass is 10.3. The van der Waals surface area contributed by atoms with Gasteiger partial charge < -0.3 is 4.90 Å². The molecular weight excluding hydrogens is 221 g/mol. The summed E-state index contributed by atoms with van der Waals surface area (Å²) < 4.78 is 14.5. The van der Waals surface area contributed by atoms with Gasteiger partial charge in [0.2, 0.25) is 5.78 Å². The van der Waals surface area contributed by atoms with E-state index in [-0.39, 0.29) is 5.78 Å². The number of carbonyl (C=O) groups is 1. The van der Waals surface area contributed by atoms with Crippen molar-refractivity contribution < 1.29 is 9.18 Å². The lowest BCUT2D eigenvalue weighted by Gasteiger charge is -2.02. The van der Waals surface area contributed by atoms with E-state index in [1.54, 1.807) is 11.1 Å². The summed E-state index contributed by atoms with van der Waals surface area (Å²) in [5, 5.41) is 0. The molecule has 0 N–H and O–H groups in total. The number of aromatic nitrogens is 2. The Kier molecular flexibility index (Phi) is 2.91. The standard InChI is InChI=1S/C12H12FN3O/c1-15(2)6-5-11(17)10-7-14-12-4-3-9(13)8-16(10)12/h3-8H,1-2H3/b6-5+. The van der Waals surface area contributed by atoms with Crippen LogP contribution in [0.5, 0.6) is 0 Å². The van der Waals surface area contributed by atoms with Crippen LogP contribution >= 0.6 is 0 Å². The van der Waals surface area contributed by atoms with E-state index in [1.165, 1.54) is 35.0 Å². The van der Waals surface area contributed by atoms with Crippen LogP contribution in [-0.2, 0) is 0 Å². The molecule has 0 aliphatic heterocycles. The zero-order valence-electron chi connectivity index (χ0n) is 9.59. The van der Waals surface area contributed by atoms with E-state index >= 15 is 0 Å². The number of allylic oxidation sites excluding steroid dienone is 1. The Morgan fingerprint density at radius 2 is 2.24 bits per heavy atom. The van der Waals surface area contributed by atoms with Gasteiger partial charge in [-0.3, -0.25) is 9.20 Å². The van der Waals surface area contributed by atoms with Crippen LogP contribution in [0.4, 0.5) is 4.39 Å². The fourth-order valence-electron chi connectivity index (χ4n) is 1.44. The first-order valence-electron chi connectivity index (χ1n) is 5.09. The molecule has 0 aliphatic carbocycles. The molecule has 0 aliphatic rings. The van der Waals surface area contributed by atoms with Gasteiger partial charge in [0.15, 0.2) is 0 Å². The number of fused-ring (bicyclic) bond motifs is 1. The van der Waals surface area contributed by atoms with E-state index in [0.717, 1.165) is 0 Å². The van der Waals surface area contributed by atoms with Crippen molar-refractivity contribution in [3.05, 3.63) is 48.3 Å². The van der Waals surface area contributed by atoms with E-state index in [4.69, 9.17) is 0 Å². The van der Waals surface area contributed by atoms with Crippen molar-refractivity contribution in [2.24, 2.45) is 0 Å². The highest BCUT2D eigenvalue weighted by Gasteiger charge is 2.09. The minimum absolute atomic E-state index is 0.211. The summed E-state index contributed by atoms with van der Waals surface area (Å²) in [6, 6.07) is 2.84. The maximum Gasteiger partial charge on any atom is 0.205 e. The minimum atomic E-state index is -0.402. The summed E-state index contributed by atoms with van der Waals surface area (Å²) in [6.45, 7) is 0. The highest BCUT2D eigenvalue weighted by Crippen LogP contribution is 2.09. The Bertz CT molecular complexity index is 586. The van der Waals surface area contributed by atoms with Gasteiger partial charge in [-0.15, -0.1) is 0 Å². The highest BCUT2D eigenvalue weighted by molar-refractivity contribution is 6.03. The number of hydrogen-bond acceptors (Lipinski definition) is 3. The number of imidazole rings is 1. The van der Waals surface area contributed by atoms with Crippen LogP contribution in [0.2, 0.25) is 0 Å². The van der Waals surface area contributed by atoms with E-state index < -0.39 is 5.82 Å². The first-order chi connectivity index (χ1) is 8.08. The Morgan fingerprint density at radius 3 is 2.94 bits per heavy atom. The van der Waals surface area contributed by atoms with Crippen molar-refractivity contribution in [1.29, 1.82) is 0 Å². The monoisotopic (exact) mass is 233 g/mol. The zero-order valence-corrected chi connectivity index (χ0v) is 9.59. The SMILES string of the molecule is CN(C)/C=C/C(=O)c1cnc2ccc(F)cn12. The third-order valence-electron chi connectivity index (χ3n) is 2.25. The van der Waals surface area contributed by atoms with Crippen molar-refractivity contribution in [2.45, 2.75) is 0 Å². The lowest BCUT2D eigenvalue weighted by Crippen LogP contribution is -2.05. The number of ketones is 1. The van der Waals surface area contributed by atoms with E-state index in [2.05, 4.69) is 4.98 Å². The molecule has 0 spiro atoms. The third-order valence-corrected chi connectivity index (χ3v) is 2.25. The second-order valence-corrected chi connectivity index (χ2v) is 3.86. The quantitative estimate of drug-likeness (QED) is 0.598. The van der Waals surface area contributed by atoms with E-state index in [0.29, 0.717) is 11.3 Å². The number of rotatable bonds is 3. The molecule has 0 saturated heterocycles. The molecule has 2 rings (SSSR count). The molecule has 88 valence electrons. The zero-order chi connectivity index (χ0) is 12.4. The molecule has 0 unspecified atom stereocenters. The molecule has 0 amide bonds. The average Bonchev–Trinajstić information content (AvgIpc) is 2.68. The van der Waals surface area contributed by atoms with Crippen LogP contribution in [0.25, 0.3) is 5.65 Å². The predicted molar refractivity (Wildman–Crippen MR) is 62.3 cm³/mol. The number of pyridine rings is 1. The van der Waals surface area contributed by atoms with Crippen LogP contribution in [0.1, 0.15) is 10.5 Å². The third kappa shape index (κ3) is 2.33. The molecule has 2 aromatic rings. The van der Waals surface area contributed by atoms with Gasteiger partial charge in [0, 0.05) is 32.6 Å². The average molecular weight is 233 g/mol. The Hall–Kier alpha value is -2.17. The topological polar surface area (TPSA) is 37.6 Å². The highest BCUT2D eigenvalue weighted by atomic mass is 19.1. The van der Waals surface area contributed by atoms with Gasteiger partial charge in [-0.1, -0.05) is 0 Å². The van der Waals surface area contributed by atoms with Gasteiger partial charge in [-0.25, -0.2) is 9.37 Å². The maximum absolute atomic E-state index is 13.1. The second kappa shape index (κ2) is 4.37. The van der Waals surface area contributed by atoms with Crippen molar-refractivity contribution in [2.75, 3.05) is 14.1 Å². The largest absolute Gasteiger partial charge is 0.383 e. The molecule has 0 aromatic carbocycles. The fourth-order valence-corrected chi connectivity index (χ4v) is 1.44. The number of carbonyl (C=O) groups excluding carboxylic acids is 1. The summed E-state index contributed by atoms with van der Waals surface area (Å²) in [5.74, 6) is -0.613. The Morgan fingerprint density at radius 1 is 1.47 bits per heavy atom. The summed E-state index contributed by atoms with van der Waals surface area (Å²) in [4.78, 5) is 17.6. The molecule has 0 radical (unpaired) electrons. The predicted octanol–water partition coefficient (Wildman–Crippen LogP) is 1.73. The molecule has 17 heavy (non-hydrogen) atoms. The normalized spacial score (nSPS) is 11.2. The number of halogens is 1. The molecule has 0 bridgehead atoms. The summed E-state index contributed by atoms with van der Waals surface area (Å²) in [5.41, 5.74) is 0.894. The van der Waals surface area contributed by atoms with E-state index in [9.17, 15) is 9.18 Å². The van der Waals surface area contributed by atoms with Gasteiger partial charge in [0.1, 0.15) is 17.2 Å². The van der Waals surface area contributed by atoms with Crippen molar-refractivity contribution >= 4 is 11.4 Å². The van der Waals surface area contributed by atoms with Crippen LogP contribution < -0.4 is 0 Å².